The van der Waals surface area contributed by atoms with Crippen molar-refractivity contribution >= 4 is 43.0 Å². The zero-order valence-corrected chi connectivity index (χ0v) is 8.45. The third kappa shape index (κ3) is 1.07. The van der Waals surface area contributed by atoms with E-state index in [1.165, 1.54) is 0 Å². The van der Waals surface area contributed by atoms with Gasteiger partial charge in [0.05, 0.1) is 9.47 Å². The lowest BCUT2D eigenvalue weighted by atomic mass is 10.2. The number of nitrogen functional groups attached to an aromatic ring is 1. The number of thiophene rings is 1. The highest BCUT2D eigenvalue weighted by Gasteiger charge is 2.05. The second-order valence-corrected chi connectivity index (χ2v) is 4.92. The highest BCUT2D eigenvalue weighted by Crippen LogP contribution is 2.37. The molecule has 0 saturated heterocycles. The van der Waals surface area contributed by atoms with Gasteiger partial charge in [-0.25, -0.2) is 0 Å². The third-order valence-electron chi connectivity index (χ3n) is 1.69. The molecule has 12 heavy (non-hydrogen) atoms. The van der Waals surface area contributed by atoms with Gasteiger partial charge in [-0.05, 0) is 34.1 Å². The van der Waals surface area contributed by atoms with Gasteiger partial charge in [-0.15, -0.1) is 11.3 Å². The SMILES string of the molecule is Nc1c(O)ccc2sc(Br)cc12. The van der Waals surface area contributed by atoms with Crippen molar-refractivity contribution in [1.82, 2.24) is 0 Å². The van der Waals surface area contributed by atoms with Crippen LogP contribution in [0.15, 0.2) is 22.0 Å². The van der Waals surface area contributed by atoms with Crippen molar-refractivity contribution in [3.05, 3.63) is 22.0 Å². The quantitative estimate of drug-likeness (QED) is 0.552. The average Bonchev–Trinajstić information content (AvgIpc) is 2.39. The summed E-state index contributed by atoms with van der Waals surface area (Å²) in [6.07, 6.45) is 0. The first-order valence-corrected chi connectivity index (χ1v) is 4.96. The van der Waals surface area contributed by atoms with Gasteiger partial charge in [-0.3, -0.25) is 0 Å². The lowest BCUT2D eigenvalue weighted by molar-refractivity contribution is 0.479. The minimum Gasteiger partial charge on any atom is -0.506 e. The largest absolute Gasteiger partial charge is 0.506 e. The van der Waals surface area contributed by atoms with Gasteiger partial charge < -0.3 is 10.8 Å². The van der Waals surface area contributed by atoms with Crippen LogP contribution >= 0.6 is 27.3 Å². The second-order valence-electron chi connectivity index (χ2n) is 2.46. The van der Waals surface area contributed by atoms with Gasteiger partial charge in [0, 0.05) is 10.1 Å². The molecule has 0 fully saturated rings. The van der Waals surface area contributed by atoms with Crippen LogP contribution in [-0.4, -0.2) is 5.11 Å². The van der Waals surface area contributed by atoms with Crippen molar-refractivity contribution < 1.29 is 5.11 Å². The standard InChI is InChI=1S/C8H6BrNOS/c9-7-3-4-6(12-7)2-1-5(11)8(4)10/h1-3,11H,10H2. The van der Waals surface area contributed by atoms with Gasteiger partial charge in [0.2, 0.25) is 0 Å². The first kappa shape index (κ1) is 7.89. The third-order valence-corrected chi connectivity index (χ3v) is 3.29. The van der Waals surface area contributed by atoms with Crippen molar-refractivity contribution in [3.63, 3.8) is 0 Å². The molecule has 0 spiro atoms. The van der Waals surface area contributed by atoms with Crippen LogP contribution < -0.4 is 5.73 Å². The van der Waals surface area contributed by atoms with E-state index in [4.69, 9.17) is 5.73 Å². The topological polar surface area (TPSA) is 46.2 Å². The zero-order chi connectivity index (χ0) is 8.72. The molecule has 2 rings (SSSR count). The Hall–Kier alpha value is -0.740. The fourth-order valence-electron chi connectivity index (χ4n) is 1.09. The van der Waals surface area contributed by atoms with E-state index < -0.39 is 0 Å². The van der Waals surface area contributed by atoms with E-state index in [2.05, 4.69) is 15.9 Å². The van der Waals surface area contributed by atoms with Crippen LogP contribution in [0.2, 0.25) is 0 Å². The molecule has 4 heteroatoms. The van der Waals surface area contributed by atoms with Gasteiger partial charge in [0.1, 0.15) is 5.75 Å². The van der Waals surface area contributed by atoms with Crippen LogP contribution in [0.5, 0.6) is 5.75 Å². The molecule has 0 radical (unpaired) electrons. The monoisotopic (exact) mass is 243 g/mol. The summed E-state index contributed by atoms with van der Waals surface area (Å²) >= 11 is 4.97. The van der Waals surface area contributed by atoms with Gasteiger partial charge in [0.15, 0.2) is 0 Å². The Bertz CT molecular complexity index is 438. The van der Waals surface area contributed by atoms with E-state index in [0.717, 1.165) is 13.9 Å². The molecule has 0 aliphatic rings. The van der Waals surface area contributed by atoms with Crippen molar-refractivity contribution in [1.29, 1.82) is 0 Å². The van der Waals surface area contributed by atoms with Crippen LogP contribution in [-0.2, 0) is 0 Å². The summed E-state index contributed by atoms with van der Waals surface area (Å²) in [5, 5.41) is 10.2. The van der Waals surface area contributed by atoms with Crippen LogP contribution in [0, 0.1) is 0 Å². The minimum atomic E-state index is 0.146. The van der Waals surface area contributed by atoms with Gasteiger partial charge >= 0.3 is 0 Å². The molecular weight excluding hydrogens is 238 g/mol. The Morgan fingerprint density at radius 2 is 2.17 bits per heavy atom. The van der Waals surface area contributed by atoms with Crippen molar-refractivity contribution in [2.24, 2.45) is 0 Å². The number of nitrogens with two attached hydrogens (primary N) is 1. The second kappa shape index (κ2) is 2.64. The van der Waals surface area contributed by atoms with E-state index in [-0.39, 0.29) is 5.75 Å². The number of halogens is 1. The number of anilines is 1. The molecule has 0 saturated carbocycles. The van der Waals surface area contributed by atoms with Crippen LogP contribution in [0.25, 0.3) is 10.1 Å². The Morgan fingerprint density at radius 1 is 1.42 bits per heavy atom. The normalized spacial score (nSPS) is 10.8. The summed E-state index contributed by atoms with van der Waals surface area (Å²) in [6.45, 7) is 0. The molecule has 62 valence electrons. The maximum absolute atomic E-state index is 9.29. The molecule has 2 nitrogen and oxygen atoms in total. The number of phenolic OH excluding ortho intramolecular Hbond substituents is 1. The molecule has 1 aromatic carbocycles. The van der Waals surface area contributed by atoms with E-state index in [1.54, 1.807) is 17.4 Å². The summed E-state index contributed by atoms with van der Waals surface area (Å²) in [7, 11) is 0. The molecule has 0 unspecified atom stereocenters. The summed E-state index contributed by atoms with van der Waals surface area (Å²) in [5.74, 6) is 0.146. The summed E-state index contributed by atoms with van der Waals surface area (Å²) < 4.78 is 2.10. The first-order valence-electron chi connectivity index (χ1n) is 3.35. The van der Waals surface area contributed by atoms with Crippen molar-refractivity contribution in [3.8, 4) is 5.75 Å². The van der Waals surface area contributed by atoms with E-state index in [9.17, 15) is 5.11 Å². The molecule has 0 bridgehead atoms. The Balaban J connectivity index is 2.89. The molecule has 1 aromatic heterocycles. The first-order chi connectivity index (χ1) is 5.68. The number of hydrogen-bond acceptors (Lipinski definition) is 3. The molecule has 0 amide bonds. The number of benzene rings is 1. The summed E-state index contributed by atoms with van der Waals surface area (Å²) in [6, 6.07) is 5.38. The zero-order valence-electron chi connectivity index (χ0n) is 6.04. The molecule has 1 heterocycles. The smallest absolute Gasteiger partial charge is 0.139 e. The lowest BCUT2D eigenvalue weighted by Crippen LogP contribution is -1.84. The predicted octanol–water partition coefficient (Wildman–Crippen LogP) is 2.95. The average molecular weight is 244 g/mol. The number of fused-ring (bicyclic) bond motifs is 1. The highest BCUT2D eigenvalue weighted by atomic mass is 79.9. The van der Waals surface area contributed by atoms with Gasteiger partial charge in [-0.1, -0.05) is 0 Å². The molecule has 3 N–H and O–H groups in total. The maximum Gasteiger partial charge on any atom is 0.139 e. The van der Waals surface area contributed by atoms with Gasteiger partial charge in [-0.2, -0.15) is 0 Å². The Kier molecular flexibility index (Phi) is 1.73. The molecule has 0 aliphatic carbocycles. The molecule has 0 aliphatic heterocycles. The number of aromatic hydroxyl groups is 1. The lowest BCUT2D eigenvalue weighted by Gasteiger charge is -1.97. The van der Waals surface area contributed by atoms with Crippen molar-refractivity contribution in [2.45, 2.75) is 0 Å². The summed E-state index contributed by atoms with van der Waals surface area (Å²) in [4.78, 5) is 0. The summed E-state index contributed by atoms with van der Waals surface area (Å²) in [5.41, 5.74) is 6.12. The molecule has 2 aromatic rings. The van der Waals surface area contributed by atoms with Crippen LogP contribution in [0.4, 0.5) is 5.69 Å². The molecular formula is C8H6BrNOS. The number of phenols is 1. The maximum atomic E-state index is 9.29. The fraction of sp³-hybridized carbons (Fsp3) is 0. The Labute approximate surface area is 81.8 Å². The van der Waals surface area contributed by atoms with Crippen molar-refractivity contribution in [2.75, 3.05) is 5.73 Å². The van der Waals surface area contributed by atoms with E-state index in [0.29, 0.717) is 5.69 Å². The Morgan fingerprint density at radius 3 is 2.92 bits per heavy atom. The minimum absolute atomic E-state index is 0.146. The fourth-order valence-corrected chi connectivity index (χ4v) is 2.64. The van der Waals surface area contributed by atoms with Crippen LogP contribution in [0.1, 0.15) is 0 Å². The van der Waals surface area contributed by atoms with E-state index >= 15 is 0 Å². The highest BCUT2D eigenvalue weighted by molar-refractivity contribution is 9.11. The van der Waals surface area contributed by atoms with E-state index in [1.807, 2.05) is 12.1 Å². The number of rotatable bonds is 0. The number of hydrogen-bond donors (Lipinski definition) is 2. The van der Waals surface area contributed by atoms with Gasteiger partial charge in [0.25, 0.3) is 0 Å². The molecule has 0 atom stereocenters. The predicted molar refractivity (Wildman–Crippen MR) is 55.6 cm³/mol. The van der Waals surface area contributed by atoms with Crippen LogP contribution in [0.3, 0.4) is 0 Å².